The van der Waals surface area contributed by atoms with Gasteiger partial charge in [0.1, 0.15) is 5.76 Å². The lowest BCUT2D eigenvalue weighted by Gasteiger charge is -2.39. The van der Waals surface area contributed by atoms with Crippen LogP contribution in [0.3, 0.4) is 0 Å². The Hall–Kier alpha value is -3.13. The number of aromatic nitrogens is 1. The van der Waals surface area contributed by atoms with Crippen molar-refractivity contribution in [3.05, 3.63) is 76.1 Å². The Bertz CT molecular complexity index is 1190. The first-order valence-corrected chi connectivity index (χ1v) is 13.0. The zero-order valence-electron chi connectivity index (χ0n) is 20.7. The van der Waals surface area contributed by atoms with E-state index in [9.17, 15) is 9.59 Å². The Balaban J connectivity index is 1.32. The molecule has 190 valence electrons. The SMILES string of the molecule is CCOC(=O)C1(Cc2ccccc2)CCN(C(=O)OCCc2nc(-c3cccc(Br)c3)oc2C)CC1. The molecule has 0 saturated carbocycles. The third kappa shape index (κ3) is 6.16. The molecule has 2 heterocycles. The van der Waals surface area contributed by atoms with Crippen molar-refractivity contribution < 1.29 is 23.5 Å². The first kappa shape index (κ1) is 25.9. The molecule has 36 heavy (non-hydrogen) atoms. The summed E-state index contributed by atoms with van der Waals surface area (Å²) in [5.74, 6) is 1.06. The van der Waals surface area contributed by atoms with Crippen molar-refractivity contribution in [2.24, 2.45) is 5.41 Å². The van der Waals surface area contributed by atoms with Gasteiger partial charge >= 0.3 is 12.1 Å². The van der Waals surface area contributed by atoms with Crippen LogP contribution < -0.4 is 0 Å². The third-order valence-electron chi connectivity index (χ3n) is 6.60. The van der Waals surface area contributed by atoms with Crippen molar-refractivity contribution in [2.45, 2.75) is 39.5 Å². The molecule has 0 N–H and O–H groups in total. The van der Waals surface area contributed by atoms with Gasteiger partial charge in [0.15, 0.2) is 0 Å². The van der Waals surface area contributed by atoms with Gasteiger partial charge < -0.3 is 18.8 Å². The van der Waals surface area contributed by atoms with Crippen molar-refractivity contribution in [3.63, 3.8) is 0 Å². The first-order chi connectivity index (χ1) is 17.4. The summed E-state index contributed by atoms with van der Waals surface area (Å²) in [6, 6.07) is 17.7. The van der Waals surface area contributed by atoms with Crippen LogP contribution in [-0.4, -0.2) is 48.2 Å². The van der Waals surface area contributed by atoms with Crippen LogP contribution in [0.25, 0.3) is 11.5 Å². The van der Waals surface area contributed by atoms with E-state index in [1.54, 1.807) is 4.90 Å². The van der Waals surface area contributed by atoms with Crippen LogP contribution in [0.5, 0.6) is 0 Å². The Morgan fingerprint density at radius 1 is 1.08 bits per heavy atom. The standard InChI is InChI=1S/C28H31BrN2O5/c1-3-34-26(32)28(19-21-8-5-4-6-9-21)13-15-31(16-14-28)27(33)35-17-12-24-20(2)36-25(30-24)22-10-7-11-23(29)18-22/h4-11,18H,3,12-17,19H2,1-2H3. The molecular formula is C28H31BrN2O5. The molecule has 0 unspecified atom stereocenters. The normalized spacial score (nSPS) is 14.9. The van der Waals surface area contributed by atoms with E-state index in [4.69, 9.17) is 13.9 Å². The molecule has 2 aromatic carbocycles. The number of carbonyl (C=O) groups is 2. The average molecular weight is 555 g/mol. The smallest absolute Gasteiger partial charge is 0.409 e. The molecule has 1 fully saturated rings. The second kappa shape index (κ2) is 11.7. The average Bonchev–Trinajstić information content (AvgIpc) is 3.25. The quantitative estimate of drug-likeness (QED) is 0.318. The van der Waals surface area contributed by atoms with E-state index in [1.165, 1.54) is 0 Å². The van der Waals surface area contributed by atoms with E-state index < -0.39 is 5.41 Å². The molecule has 7 nitrogen and oxygen atoms in total. The molecule has 0 aliphatic carbocycles. The van der Waals surface area contributed by atoms with E-state index in [0.717, 1.165) is 21.3 Å². The number of piperidine rings is 1. The van der Waals surface area contributed by atoms with Gasteiger partial charge in [-0.15, -0.1) is 0 Å². The Morgan fingerprint density at radius 3 is 2.53 bits per heavy atom. The molecule has 0 spiro atoms. The number of halogens is 1. The summed E-state index contributed by atoms with van der Waals surface area (Å²) in [6.07, 6.45) is 1.76. The topological polar surface area (TPSA) is 81.9 Å². The number of aryl methyl sites for hydroxylation is 1. The third-order valence-corrected chi connectivity index (χ3v) is 7.09. The van der Waals surface area contributed by atoms with Gasteiger partial charge in [0.05, 0.1) is 24.3 Å². The Kier molecular flexibility index (Phi) is 8.46. The molecule has 0 atom stereocenters. The van der Waals surface area contributed by atoms with E-state index in [-0.39, 0.29) is 18.7 Å². The summed E-state index contributed by atoms with van der Waals surface area (Å²) in [6.45, 7) is 5.11. The minimum Gasteiger partial charge on any atom is -0.466 e. The van der Waals surface area contributed by atoms with Crippen molar-refractivity contribution in [2.75, 3.05) is 26.3 Å². The maximum Gasteiger partial charge on any atom is 0.409 e. The summed E-state index contributed by atoms with van der Waals surface area (Å²) < 4.78 is 17.7. The summed E-state index contributed by atoms with van der Waals surface area (Å²) in [5.41, 5.74) is 2.10. The predicted molar refractivity (Wildman–Crippen MR) is 139 cm³/mol. The van der Waals surface area contributed by atoms with Gasteiger partial charge in [-0.2, -0.15) is 0 Å². The van der Waals surface area contributed by atoms with Crippen LogP contribution in [0, 0.1) is 12.3 Å². The highest BCUT2D eigenvalue weighted by Gasteiger charge is 2.43. The van der Waals surface area contributed by atoms with Gasteiger partial charge in [0, 0.05) is 29.5 Å². The Labute approximate surface area is 219 Å². The molecule has 1 aliphatic rings. The minimum absolute atomic E-state index is 0.190. The maximum absolute atomic E-state index is 12.9. The number of oxazole rings is 1. The summed E-state index contributed by atoms with van der Waals surface area (Å²) in [4.78, 5) is 31.9. The van der Waals surface area contributed by atoms with E-state index in [1.807, 2.05) is 68.4 Å². The highest BCUT2D eigenvalue weighted by atomic mass is 79.9. The van der Waals surface area contributed by atoms with Gasteiger partial charge in [0.2, 0.25) is 5.89 Å². The van der Waals surface area contributed by atoms with Gasteiger partial charge in [-0.05, 0) is 56.9 Å². The molecule has 0 radical (unpaired) electrons. The number of benzene rings is 2. The monoisotopic (exact) mass is 554 g/mol. The van der Waals surface area contributed by atoms with E-state index in [0.29, 0.717) is 57.0 Å². The zero-order chi connectivity index (χ0) is 25.5. The fourth-order valence-electron chi connectivity index (χ4n) is 4.57. The van der Waals surface area contributed by atoms with Crippen LogP contribution in [0.4, 0.5) is 4.79 Å². The molecule has 3 aromatic rings. The van der Waals surface area contributed by atoms with Gasteiger partial charge in [0.25, 0.3) is 0 Å². The van der Waals surface area contributed by atoms with Crippen LogP contribution in [0.1, 0.15) is 36.8 Å². The van der Waals surface area contributed by atoms with Gasteiger partial charge in [-0.25, -0.2) is 9.78 Å². The zero-order valence-corrected chi connectivity index (χ0v) is 22.3. The summed E-state index contributed by atoms with van der Waals surface area (Å²) in [5, 5.41) is 0. The number of carbonyl (C=O) groups excluding carboxylic acids is 2. The van der Waals surface area contributed by atoms with Crippen LogP contribution in [0.2, 0.25) is 0 Å². The number of hydrogen-bond donors (Lipinski definition) is 0. The van der Waals surface area contributed by atoms with Crippen LogP contribution in [0.15, 0.2) is 63.5 Å². The fraction of sp³-hybridized carbons (Fsp3) is 0.393. The maximum atomic E-state index is 12.9. The lowest BCUT2D eigenvalue weighted by molar-refractivity contribution is -0.158. The molecule has 4 rings (SSSR count). The number of amides is 1. The molecular weight excluding hydrogens is 524 g/mol. The molecule has 8 heteroatoms. The lowest BCUT2D eigenvalue weighted by Crippen LogP contribution is -2.48. The highest BCUT2D eigenvalue weighted by Crippen LogP contribution is 2.37. The van der Waals surface area contributed by atoms with E-state index in [2.05, 4.69) is 20.9 Å². The number of likely N-dealkylation sites (tertiary alicyclic amines) is 1. The summed E-state index contributed by atoms with van der Waals surface area (Å²) in [7, 11) is 0. The Morgan fingerprint density at radius 2 is 1.83 bits per heavy atom. The van der Waals surface area contributed by atoms with Crippen molar-refractivity contribution in [3.8, 4) is 11.5 Å². The van der Waals surface area contributed by atoms with Crippen LogP contribution >= 0.6 is 15.9 Å². The number of hydrogen-bond acceptors (Lipinski definition) is 6. The molecule has 1 amide bonds. The second-order valence-corrected chi connectivity index (χ2v) is 9.96. The number of rotatable bonds is 8. The van der Waals surface area contributed by atoms with Crippen LogP contribution in [-0.2, 0) is 27.1 Å². The molecule has 0 bridgehead atoms. The number of esters is 1. The van der Waals surface area contributed by atoms with Gasteiger partial charge in [-0.3, -0.25) is 4.79 Å². The molecule has 1 aliphatic heterocycles. The predicted octanol–water partition coefficient (Wildman–Crippen LogP) is 5.98. The van der Waals surface area contributed by atoms with E-state index >= 15 is 0 Å². The summed E-state index contributed by atoms with van der Waals surface area (Å²) >= 11 is 3.46. The first-order valence-electron chi connectivity index (χ1n) is 12.3. The highest BCUT2D eigenvalue weighted by molar-refractivity contribution is 9.10. The van der Waals surface area contributed by atoms with Crippen molar-refractivity contribution in [1.29, 1.82) is 0 Å². The lowest BCUT2D eigenvalue weighted by atomic mass is 9.74. The molecule has 1 aromatic heterocycles. The number of nitrogens with zero attached hydrogens (tertiary/aromatic N) is 2. The largest absolute Gasteiger partial charge is 0.466 e. The number of ether oxygens (including phenoxy) is 2. The van der Waals surface area contributed by atoms with Gasteiger partial charge in [-0.1, -0.05) is 52.3 Å². The minimum atomic E-state index is -0.630. The van der Waals surface area contributed by atoms with Crippen molar-refractivity contribution >= 4 is 28.0 Å². The second-order valence-electron chi connectivity index (χ2n) is 9.05. The molecule has 1 saturated heterocycles. The fourth-order valence-corrected chi connectivity index (χ4v) is 4.97. The van der Waals surface area contributed by atoms with Crippen molar-refractivity contribution in [1.82, 2.24) is 9.88 Å².